The Bertz CT molecular complexity index is 862. The number of hydrogen-bond donors (Lipinski definition) is 1. The molecule has 0 unspecified atom stereocenters. The van der Waals surface area contributed by atoms with Gasteiger partial charge in [0.1, 0.15) is 25.4 Å². The van der Waals surface area contributed by atoms with Crippen LogP contribution in [0.15, 0.2) is 36.4 Å². The van der Waals surface area contributed by atoms with E-state index >= 15 is 0 Å². The van der Waals surface area contributed by atoms with Crippen molar-refractivity contribution in [3.05, 3.63) is 47.5 Å². The first-order valence-corrected chi connectivity index (χ1v) is 9.13. The van der Waals surface area contributed by atoms with E-state index in [0.29, 0.717) is 49.2 Å². The van der Waals surface area contributed by atoms with Crippen molar-refractivity contribution in [1.29, 1.82) is 0 Å². The first-order chi connectivity index (χ1) is 13.0. The summed E-state index contributed by atoms with van der Waals surface area (Å²) in [5.41, 5.74) is 1.47. The SMILES string of the molecule is CC1(C)Cc2cccc(OCCNC(=O)c3ccc4c(c3)OCCO4)c2O1. The second-order valence-electron chi connectivity index (χ2n) is 7.25. The lowest BCUT2D eigenvalue weighted by Gasteiger charge is -2.19. The fraction of sp³-hybridized carbons (Fsp3) is 0.381. The summed E-state index contributed by atoms with van der Waals surface area (Å²) < 4.78 is 22.8. The van der Waals surface area contributed by atoms with Gasteiger partial charge in [0.15, 0.2) is 23.0 Å². The van der Waals surface area contributed by atoms with Crippen LogP contribution in [0.2, 0.25) is 0 Å². The number of ether oxygens (including phenoxy) is 4. The van der Waals surface area contributed by atoms with Crippen molar-refractivity contribution in [2.45, 2.75) is 25.9 Å². The van der Waals surface area contributed by atoms with E-state index in [1.807, 2.05) is 12.1 Å². The molecule has 4 rings (SSSR count). The van der Waals surface area contributed by atoms with Crippen LogP contribution in [-0.2, 0) is 6.42 Å². The number of hydrogen-bond acceptors (Lipinski definition) is 5. The topological polar surface area (TPSA) is 66.0 Å². The normalized spacial score (nSPS) is 16.2. The molecule has 2 aromatic rings. The zero-order chi connectivity index (χ0) is 18.9. The Kier molecular flexibility index (Phi) is 4.56. The van der Waals surface area contributed by atoms with Gasteiger partial charge in [0.2, 0.25) is 0 Å². The molecule has 0 aromatic heterocycles. The van der Waals surface area contributed by atoms with E-state index < -0.39 is 0 Å². The molecule has 2 aliphatic rings. The second kappa shape index (κ2) is 7.02. The Hall–Kier alpha value is -2.89. The van der Waals surface area contributed by atoms with Crippen molar-refractivity contribution in [2.24, 2.45) is 0 Å². The first-order valence-electron chi connectivity index (χ1n) is 9.13. The largest absolute Gasteiger partial charge is 0.488 e. The molecule has 0 fully saturated rings. The summed E-state index contributed by atoms with van der Waals surface area (Å²) in [6.45, 7) is 5.89. The van der Waals surface area contributed by atoms with E-state index in [2.05, 4.69) is 25.2 Å². The maximum atomic E-state index is 12.3. The highest BCUT2D eigenvalue weighted by molar-refractivity contribution is 5.94. The first kappa shape index (κ1) is 17.5. The summed E-state index contributed by atoms with van der Waals surface area (Å²) in [7, 11) is 0. The molecule has 2 aromatic carbocycles. The van der Waals surface area contributed by atoms with Crippen molar-refractivity contribution in [1.82, 2.24) is 5.32 Å². The lowest BCUT2D eigenvalue weighted by atomic mass is 10.0. The number of fused-ring (bicyclic) bond motifs is 2. The molecule has 142 valence electrons. The van der Waals surface area contributed by atoms with Crippen molar-refractivity contribution in [3.63, 3.8) is 0 Å². The van der Waals surface area contributed by atoms with Crippen LogP contribution < -0.4 is 24.3 Å². The average Bonchev–Trinajstić information content (AvgIpc) is 2.99. The third kappa shape index (κ3) is 3.79. The van der Waals surface area contributed by atoms with Crippen LogP contribution in [-0.4, -0.2) is 37.9 Å². The summed E-state index contributed by atoms with van der Waals surface area (Å²) in [5, 5.41) is 2.86. The quantitative estimate of drug-likeness (QED) is 0.821. The van der Waals surface area contributed by atoms with Gasteiger partial charge < -0.3 is 24.3 Å². The van der Waals surface area contributed by atoms with Gasteiger partial charge >= 0.3 is 0 Å². The standard InChI is InChI=1S/C21H23NO5/c1-21(2)13-15-4-3-5-17(19(15)27-21)24-9-8-22-20(23)14-6-7-16-18(12-14)26-11-10-25-16/h3-7,12H,8-11,13H2,1-2H3,(H,22,23). The molecule has 1 N–H and O–H groups in total. The molecule has 0 aliphatic carbocycles. The third-order valence-corrected chi connectivity index (χ3v) is 4.50. The summed E-state index contributed by atoms with van der Waals surface area (Å²) >= 11 is 0. The molecule has 0 bridgehead atoms. The summed E-state index contributed by atoms with van der Waals surface area (Å²) in [5.74, 6) is 2.62. The molecule has 0 saturated carbocycles. The van der Waals surface area contributed by atoms with E-state index in [0.717, 1.165) is 17.7 Å². The van der Waals surface area contributed by atoms with Gasteiger partial charge in [-0.15, -0.1) is 0 Å². The average molecular weight is 369 g/mol. The highest BCUT2D eigenvalue weighted by Crippen LogP contribution is 2.41. The highest BCUT2D eigenvalue weighted by Gasteiger charge is 2.32. The van der Waals surface area contributed by atoms with Gasteiger partial charge in [-0.2, -0.15) is 0 Å². The number of nitrogens with one attached hydrogen (secondary N) is 1. The second-order valence-corrected chi connectivity index (χ2v) is 7.25. The molecule has 6 nitrogen and oxygen atoms in total. The minimum absolute atomic E-state index is 0.175. The third-order valence-electron chi connectivity index (χ3n) is 4.50. The number of carbonyl (C=O) groups is 1. The van der Waals surface area contributed by atoms with Gasteiger partial charge in [0.25, 0.3) is 5.91 Å². The van der Waals surface area contributed by atoms with Crippen LogP contribution in [0.4, 0.5) is 0 Å². The number of carbonyl (C=O) groups excluding carboxylic acids is 1. The monoisotopic (exact) mass is 369 g/mol. The number of benzene rings is 2. The Morgan fingerprint density at radius 1 is 1.15 bits per heavy atom. The smallest absolute Gasteiger partial charge is 0.251 e. The van der Waals surface area contributed by atoms with Crippen LogP contribution in [0.5, 0.6) is 23.0 Å². The predicted octanol–water partition coefficient (Wildman–Crippen LogP) is 2.98. The van der Waals surface area contributed by atoms with Crippen molar-refractivity contribution < 1.29 is 23.7 Å². The fourth-order valence-corrected chi connectivity index (χ4v) is 3.31. The van der Waals surface area contributed by atoms with E-state index in [4.69, 9.17) is 18.9 Å². The van der Waals surface area contributed by atoms with E-state index in [1.165, 1.54) is 0 Å². The van der Waals surface area contributed by atoms with E-state index in [-0.39, 0.29) is 11.5 Å². The van der Waals surface area contributed by atoms with Crippen LogP contribution in [0.3, 0.4) is 0 Å². The van der Waals surface area contributed by atoms with E-state index in [9.17, 15) is 4.79 Å². The van der Waals surface area contributed by atoms with Gasteiger partial charge in [-0.1, -0.05) is 12.1 Å². The van der Waals surface area contributed by atoms with Crippen LogP contribution in [0, 0.1) is 0 Å². The molecule has 0 atom stereocenters. The number of amides is 1. The van der Waals surface area contributed by atoms with Crippen molar-refractivity contribution in [2.75, 3.05) is 26.4 Å². The van der Waals surface area contributed by atoms with Gasteiger partial charge in [0, 0.05) is 17.5 Å². The van der Waals surface area contributed by atoms with Crippen LogP contribution in [0.25, 0.3) is 0 Å². The number of rotatable bonds is 5. The maximum Gasteiger partial charge on any atom is 0.251 e. The van der Waals surface area contributed by atoms with E-state index in [1.54, 1.807) is 18.2 Å². The lowest BCUT2D eigenvalue weighted by molar-refractivity contribution is 0.0945. The Morgan fingerprint density at radius 3 is 2.81 bits per heavy atom. The van der Waals surface area contributed by atoms with Gasteiger partial charge in [-0.25, -0.2) is 0 Å². The molecule has 2 heterocycles. The summed E-state index contributed by atoms with van der Waals surface area (Å²) in [6.07, 6.45) is 0.861. The predicted molar refractivity (Wildman–Crippen MR) is 100 cm³/mol. The van der Waals surface area contributed by atoms with Crippen LogP contribution >= 0.6 is 0 Å². The molecule has 0 saturated heterocycles. The molecular weight excluding hydrogens is 346 g/mol. The molecule has 0 spiro atoms. The zero-order valence-corrected chi connectivity index (χ0v) is 15.5. The van der Waals surface area contributed by atoms with Crippen molar-refractivity contribution in [3.8, 4) is 23.0 Å². The Morgan fingerprint density at radius 2 is 1.96 bits per heavy atom. The van der Waals surface area contributed by atoms with Gasteiger partial charge in [-0.05, 0) is 38.1 Å². The Balaban J connectivity index is 1.31. The summed E-state index contributed by atoms with van der Waals surface area (Å²) in [4.78, 5) is 12.3. The van der Waals surface area contributed by atoms with Gasteiger partial charge in [0.05, 0.1) is 6.54 Å². The molecule has 6 heteroatoms. The zero-order valence-electron chi connectivity index (χ0n) is 15.5. The minimum atomic E-state index is -0.214. The molecule has 0 radical (unpaired) electrons. The molecule has 1 amide bonds. The maximum absolute atomic E-state index is 12.3. The van der Waals surface area contributed by atoms with Crippen molar-refractivity contribution >= 4 is 5.91 Å². The fourth-order valence-electron chi connectivity index (χ4n) is 3.31. The molecule has 2 aliphatic heterocycles. The lowest BCUT2D eigenvalue weighted by Crippen LogP contribution is -2.28. The summed E-state index contributed by atoms with van der Waals surface area (Å²) in [6, 6.07) is 11.1. The molecule has 27 heavy (non-hydrogen) atoms. The minimum Gasteiger partial charge on any atom is -0.488 e. The number of para-hydroxylation sites is 1. The van der Waals surface area contributed by atoms with Crippen LogP contribution in [0.1, 0.15) is 29.8 Å². The Labute approximate surface area is 158 Å². The molecular formula is C21H23NO5. The van der Waals surface area contributed by atoms with Gasteiger partial charge in [-0.3, -0.25) is 4.79 Å². The highest BCUT2D eigenvalue weighted by atomic mass is 16.6.